The minimum Gasteiger partial charge on any atom is -0.335 e. The normalized spacial score (nSPS) is 14.9. The number of nitro benzene ring substituents is 1. The summed E-state index contributed by atoms with van der Waals surface area (Å²) < 4.78 is 15.9. The van der Waals surface area contributed by atoms with E-state index >= 15 is 0 Å². The van der Waals surface area contributed by atoms with Crippen LogP contribution in [0.25, 0.3) is 0 Å². The van der Waals surface area contributed by atoms with E-state index in [9.17, 15) is 14.5 Å². The highest BCUT2D eigenvalue weighted by atomic mass is 19.1. The maximum Gasteiger partial charge on any atom is 0.304 e. The second-order valence-electron chi connectivity index (χ2n) is 6.58. The molecule has 128 valence electrons. The lowest BCUT2D eigenvalue weighted by Gasteiger charge is -2.26. The molecule has 1 aromatic carbocycles. The molecule has 0 saturated heterocycles. The monoisotopic (exact) mass is 332 g/mol. The average Bonchev–Trinajstić information content (AvgIpc) is 2.84. The Labute approximate surface area is 140 Å². The van der Waals surface area contributed by atoms with E-state index in [2.05, 4.69) is 30.4 Å². The van der Waals surface area contributed by atoms with Crippen LogP contribution in [0.15, 0.2) is 18.2 Å². The Balaban J connectivity index is 1.76. The zero-order valence-corrected chi connectivity index (χ0v) is 14.1. The fourth-order valence-corrected chi connectivity index (χ4v) is 3.31. The standard InChI is InChI=1S/C17H21FN4O2/c1-11(2)17-19-14-10-21(7-6-16(14)20(17)3)9-12-4-5-15(22(23)24)13(18)8-12/h4-5,8,11H,6-7,9-10H2,1-3H3. The van der Waals surface area contributed by atoms with Crippen molar-refractivity contribution < 1.29 is 9.31 Å². The molecule has 0 amide bonds. The second-order valence-corrected chi connectivity index (χ2v) is 6.58. The van der Waals surface area contributed by atoms with Gasteiger partial charge in [0.25, 0.3) is 0 Å². The van der Waals surface area contributed by atoms with Gasteiger partial charge in [0.05, 0.1) is 10.6 Å². The second kappa shape index (κ2) is 6.32. The fraction of sp³-hybridized carbons (Fsp3) is 0.471. The number of rotatable bonds is 4. The quantitative estimate of drug-likeness (QED) is 0.637. The van der Waals surface area contributed by atoms with E-state index in [-0.39, 0.29) is 0 Å². The van der Waals surface area contributed by atoms with Gasteiger partial charge in [-0.25, -0.2) is 4.98 Å². The molecule has 0 N–H and O–H groups in total. The largest absolute Gasteiger partial charge is 0.335 e. The van der Waals surface area contributed by atoms with Crippen molar-refractivity contribution in [3.63, 3.8) is 0 Å². The number of benzene rings is 1. The molecule has 1 aliphatic heterocycles. The molecule has 1 aromatic heterocycles. The number of fused-ring (bicyclic) bond motifs is 1. The SMILES string of the molecule is CC(C)c1nc2c(n1C)CCN(Cc1ccc([N+](=O)[O-])c(F)c1)C2. The van der Waals surface area contributed by atoms with Crippen molar-refractivity contribution in [2.24, 2.45) is 7.05 Å². The summed E-state index contributed by atoms with van der Waals surface area (Å²) in [6, 6.07) is 4.11. The van der Waals surface area contributed by atoms with E-state index in [1.165, 1.54) is 17.8 Å². The first-order valence-corrected chi connectivity index (χ1v) is 8.06. The van der Waals surface area contributed by atoms with Crippen molar-refractivity contribution in [1.29, 1.82) is 0 Å². The molecule has 7 heteroatoms. The van der Waals surface area contributed by atoms with Crippen molar-refractivity contribution >= 4 is 5.69 Å². The first kappa shape index (κ1) is 16.6. The zero-order chi connectivity index (χ0) is 17.4. The van der Waals surface area contributed by atoms with Gasteiger partial charge in [-0.15, -0.1) is 0 Å². The summed E-state index contributed by atoms with van der Waals surface area (Å²) in [5, 5.41) is 10.7. The summed E-state index contributed by atoms with van der Waals surface area (Å²) in [4.78, 5) is 16.9. The molecule has 0 saturated carbocycles. The molecule has 0 atom stereocenters. The van der Waals surface area contributed by atoms with Crippen molar-refractivity contribution in [2.75, 3.05) is 6.54 Å². The van der Waals surface area contributed by atoms with E-state index in [1.807, 2.05) is 0 Å². The predicted octanol–water partition coefficient (Wildman–Crippen LogP) is 3.15. The summed E-state index contributed by atoms with van der Waals surface area (Å²) in [6.07, 6.45) is 0.904. The maximum absolute atomic E-state index is 13.8. The predicted molar refractivity (Wildman–Crippen MR) is 88.2 cm³/mol. The Morgan fingerprint density at radius 1 is 1.42 bits per heavy atom. The van der Waals surface area contributed by atoms with Crippen LogP contribution in [0.2, 0.25) is 0 Å². The van der Waals surface area contributed by atoms with Gasteiger partial charge in [-0.1, -0.05) is 19.9 Å². The Morgan fingerprint density at radius 2 is 2.17 bits per heavy atom. The highest BCUT2D eigenvalue weighted by molar-refractivity contribution is 5.35. The lowest BCUT2D eigenvalue weighted by Crippen LogP contribution is -2.30. The summed E-state index contributed by atoms with van der Waals surface area (Å²) in [5.74, 6) is 0.677. The van der Waals surface area contributed by atoms with Crippen molar-refractivity contribution in [1.82, 2.24) is 14.5 Å². The van der Waals surface area contributed by atoms with Gasteiger partial charge in [0.2, 0.25) is 5.82 Å². The third-order valence-corrected chi connectivity index (χ3v) is 4.50. The third-order valence-electron chi connectivity index (χ3n) is 4.50. The molecule has 6 nitrogen and oxygen atoms in total. The van der Waals surface area contributed by atoms with E-state index in [1.54, 1.807) is 6.07 Å². The number of hydrogen-bond acceptors (Lipinski definition) is 4. The third kappa shape index (κ3) is 3.03. The van der Waals surface area contributed by atoms with Crippen LogP contribution in [-0.4, -0.2) is 25.9 Å². The van der Waals surface area contributed by atoms with Gasteiger partial charge in [-0.2, -0.15) is 4.39 Å². The minimum atomic E-state index is -0.782. The van der Waals surface area contributed by atoms with Gasteiger partial charge in [-0.3, -0.25) is 15.0 Å². The molecule has 0 unspecified atom stereocenters. The van der Waals surface area contributed by atoms with Gasteiger partial charge in [0.15, 0.2) is 0 Å². The highest BCUT2D eigenvalue weighted by Gasteiger charge is 2.24. The number of imidazole rings is 1. The first-order chi connectivity index (χ1) is 11.4. The Bertz CT molecular complexity index is 785. The van der Waals surface area contributed by atoms with E-state index in [0.29, 0.717) is 19.0 Å². The fourth-order valence-electron chi connectivity index (χ4n) is 3.31. The number of nitro groups is 1. The summed E-state index contributed by atoms with van der Waals surface area (Å²) in [7, 11) is 2.06. The minimum absolute atomic E-state index is 0.373. The van der Waals surface area contributed by atoms with Crippen LogP contribution >= 0.6 is 0 Å². The molecule has 3 rings (SSSR count). The van der Waals surface area contributed by atoms with Crippen LogP contribution in [0, 0.1) is 15.9 Å². The van der Waals surface area contributed by atoms with E-state index in [0.717, 1.165) is 30.0 Å². The van der Waals surface area contributed by atoms with Gasteiger partial charge in [0.1, 0.15) is 5.82 Å². The lowest BCUT2D eigenvalue weighted by molar-refractivity contribution is -0.387. The topological polar surface area (TPSA) is 64.2 Å². The smallest absolute Gasteiger partial charge is 0.304 e. The average molecular weight is 332 g/mol. The number of halogens is 1. The van der Waals surface area contributed by atoms with E-state index in [4.69, 9.17) is 4.98 Å². The lowest BCUT2D eigenvalue weighted by atomic mass is 10.1. The maximum atomic E-state index is 13.8. The molecule has 0 aliphatic carbocycles. The molecule has 0 spiro atoms. The molecular weight excluding hydrogens is 311 g/mol. The number of hydrogen-bond donors (Lipinski definition) is 0. The van der Waals surface area contributed by atoms with Gasteiger partial charge in [-0.05, 0) is 11.6 Å². The van der Waals surface area contributed by atoms with Crippen LogP contribution in [0.4, 0.5) is 10.1 Å². The summed E-state index contributed by atoms with van der Waals surface area (Å²) in [6.45, 7) is 6.40. The number of aromatic nitrogens is 2. The first-order valence-electron chi connectivity index (χ1n) is 8.06. The Kier molecular flexibility index (Phi) is 4.36. The Morgan fingerprint density at radius 3 is 2.79 bits per heavy atom. The van der Waals surface area contributed by atoms with E-state index < -0.39 is 16.4 Å². The van der Waals surface area contributed by atoms with Crippen LogP contribution in [0.1, 0.15) is 42.5 Å². The highest BCUT2D eigenvalue weighted by Crippen LogP contribution is 2.25. The summed E-state index contributed by atoms with van der Waals surface area (Å²) >= 11 is 0. The molecule has 24 heavy (non-hydrogen) atoms. The van der Waals surface area contributed by atoms with Crippen LogP contribution in [-0.2, 0) is 26.6 Å². The molecule has 1 aliphatic rings. The van der Waals surface area contributed by atoms with Crippen LogP contribution < -0.4 is 0 Å². The summed E-state index contributed by atoms with van der Waals surface area (Å²) in [5.41, 5.74) is 2.60. The molecule has 0 radical (unpaired) electrons. The van der Waals surface area contributed by atoms with Crippen molar-refractivity contribution in [3.8, 4) is 0 Å². The molecule has 2 aromatic rings. The van der Waals surface area contributed by atoms with Crippen LogP contribution in [0.3, 0.4) is 0 Å². The molecule has 2 heterocycles. The molecule has 0 bridgehead atoms. The molecular formula is C17H21FN4O2. The van der Waals surface area contributed by atoms with Gasteiger partial charge < -0.3 is 4.57 Å². The van der Waals surface area contributed by atoms with Crippen LogP contribution in [0.5, 0.6) is 0 Å². The van der Waals surface area contributed by atoms with Gasteiger partial charge in [0, 0.05) is 50.8 Å². The van der Waals surface area contributed by atoms with Gasteiger partial charge >= 0.3 is 5.69 Å². The van der Waals surface area contributed by atoms with Crippen molar-refractivity contribution in [2.45, 2.75) is 39.3 Å². The molecule has 0 fully saturated rings. The van der Waals surface area contributed by atoms with Crippen molar-refractivity contribution in [3.05, 3.63) is 56.9 Å². The Hall–Kier alpha value is -2.28. The zero-order valence-electron chi connectivity index (χ0n) is 14.1. The number of nitrogens with zero attached hydrogens (tertiary/aromatic N) is 4.